The highest BCUT2D eigenvalue weighted by Gasteiger charge is 2.33. The predicted molar refractivity (Wildman–Crippen MR) is 144 cm³/mol. The average Bonchev–Trinajstić information content (AvgIpc) is 3.27. The van der Waals surface area contributed by atoms with Crippen LogP contribution < -0.4 is 21.7 Å². The molecule has 0 aliphatic rings. The fraction of sp³-hybridized carbons (Fsp3) is 0.556. The zero-order valence-corrected chi connectivity index (χ0v) is 22.7. The van der Waals surface area contributed by atoms with Gasteiger partial charge in [0.15, 0.2) is 6.04 Å². The van der Waals surface area contributed by atoms with E-state index in [1.807, 2.05) is 52.0 Å². The zero-order chi connectivity index (χ0) is 28.6. The van der Waals surface area contributed by atoms with Crippen molar-refractivity contribution < 1.29 is 29.4 Å². The summed E-state index contributed by atoms with van der Waals surface area (Å²) in [5.74, 6) is -3.37. The van der Waals surface area contributed by atoms with Crippen LogP contribution in [-0.2, 0) is 25.6 Å². The van der Waals surface area contributed by atoms with Gasteiger partial charge < -0.3 is 36.9 Å². The maximum absolute atomic E-state index is 13.5. The van der Waals surface area contributed by atoms with Crippen LogP contribution in [0.2, 0.25) is 0 Å². The number of carbonyl (C=O) groups is 4. The molecule has 0 saturated heterocycles. The number of H-pyrrole nitrogens is 1. The summed E-state index contributed by atoms with van der Waals surface area (Å²) in [5, 5.41) is 27.8. The van der Waals surface area contributed by atoms with E-state index in [1.165, 1.54) is 6.92 Å². The monoisotopic (exact) mass is 531 g/mol. The van der Waals surface area contributed by atoms with Crippen molar-refractivity contribution >= 4 is 34.6 Å². The third-order valence-corrected chi connectivity index (χ3v) is 6.68. The van der Waals surface area contributed by atoms with Crippen molar-refractivity contribution in [1.29, 1.82) is 0 Å². The van der Waals surface area contributed by atoms with E-state index in [-0.39, 0.29) is 24.7 Å². The number of aliphatic carboxylic acids is 1. The molecule has 11 heteroatoms. The van der Waals surface area contributed by atoms with Crippen molar-refractivity contribution in [2.75, 3.05) is 0 Å². The van der Waals surface area contributed by atoms with E-state index in [0.29, 0.717) is 6.42 Å². The van der Waals surface area contributed by atoms with Crippen LogP contribution in [0, 0.1) is 11.8 Å². The number of hydrogen-bond donors (Lipinski definition) is 7. The molecule has 6 unspecified atom stereocenters. The molecule has 0 aliphatic carbocycles. The molecular formula is C27H41N5O6. The highest BCUT2D eigenvalue weighted by molar-refractivity contribution is 5.95. The molecule has 0 aliphatic heterocycles. The summed E-state index contributed by atoms with van der Waals surface area (Å²) in [7, 11) is 0. The minimum atomic E-state index is -1.54. The summed E-state index contributed by atoms with van der Waals surface area (Å²) < 4.78 is 0. The number of nitrogens with one attached hydrogen (secondary N) is 4. The summed E-state index contributed by atoms with van der Waals surface area (Å²) in [6, 6.07) is 3.05. The van der Waals surface area contributed by atoms with Gasteiger partial charge in [0.1, 0.15) is 12.1 Å². The fourth-order valence-corrected chi connectivity index (χ4v) is 4.13. The van der Waals surface area contributed by atoms with Crippen molar-refractivity contribution in [3.63, 3.8) is 0 Å². The third-order valence-electron chi connectivity index (χ3n) is 6.68. The second-order valence-corrected chi connectivity index (χ2v) is 10.3. The molecule has 0 saturated carbocycles. The molecular weight excluding hydrogens is 490 g/mol. The number of benzene rings is 1. The van der Waals surface area contributed by atoms with E-state index in [2.05, 4.69) is 20.9 Å². The normalized spacial score (nSPS) is 16.2. The molecule has 1 heterocycles. The number of nitrogens with two attached hydrogens (primary N) is 1. The summed E-state index contributed by atoms with van der Waals surface area (Å²) in [5.41, 5.74) is 7.79. The number of aliphatic hydroxyl groups is 1. The smallest absolute Gasteiger partial charge is 0.328 e. The Morgan fingerprint density at radius 2 is 1.55 bits per heavy atom. The lowest BCUT2D eigenvalue weighted by Crippen LogP contribution is -2.59. The maximum Gasteiger partial charge on any atom is 0.328 e. The van der Waals surface area contributed by atoms with Gasteiger partial charge in [-0.15, -0.1) is 0 Å². The Labute approximate surface area is 222 Å². The first-order valence-electron chi connectivity index (χ1n) is 13.0. The number of aromatic amines is 1. The number of para-hydroxylation sites is 1. The number of rotatable bonds is 14. The van der Waals surface area contributed by atoms with Crippen molar-refractivity contribution in [3.8, 4) is 0 Å². The van der Waals surface area contributed by atoms with Gasteiger partial charge in [-0.1, -0.05) is 52.3 Å². The number of amides is 3. The Balaban J connectivity index is 2.32. The van der Waals surface area contributed by atoms with Crippen molar-refractivity contribution in [1.82, 2.24) is 20.9 Å². The highest BCUT2D eigenvalue weighted by atomic mass is 16.4. The van der Waals surface area contributed by atoms with E-state index >= 15 is 0 Å². The Hall–Kier alpha value is -3.44. The van der Waals surface area contributed by atoms with Crippen molar-refractivity contribution in [2.45, 2.75) is 84.2 Å². The second kappa shape index (κ2) is 13.9. The van der Waals surface area contributed by atoms with Crippen LogP contribution in [0.3, 0.4) is 0 Å². The Morgan fingerprint density at radius 1 is 0.947 bits per heavy atom. The molecule has 3 amide bonds. The lowest BCUT2D eigenvalue weighted by molar-refractivity contribution is -0.145. The van der Waals surface area contributed by atoms with Gasteiger partial charge in [0.25, 0.3) is 0 Å². The maximum atomic E-state index is 13.5. The molecule has 6 atom stereocenters. The fourth-order valence-electron chi connectivity index (χ4n) is 4.13. The molecule has 8 N–H and O–H groups in total. The van der Waals surface area contributed by atoms with Crippen LogP contribution in [0.5, 0.6) is 0 Å². The SMILES string of the molecule is CCC(C)C(N)C(=O)NC(Cc1c[nH]c2ccccc12)C(=O)NC(CC(C)C)C(=O)NC(C(=O)O)C(C)O. The first-order valence-corrected chi connectivity index (χ1v) is 13.0. The van der Waals surface area contributed by atoms with E-state index < -0.39 is 54.0 Å². The van der Waals surface area contributed by atoms with Gasteiger partial charge in [-0.05, 0) is 36.8 Å². The number of carboxylic acid groups (broad SMARTS) is 1. The molecule has 0 radical (unpaired) electrons. The standard InChI is InChI=1S/C27H41N5O6/c1-6-15(4)22(28)26(36)31-21(12-17-13-29-19-10-8-7-9-18(17)19)24(34)30-20(11-14(2)3)25(35)32-23(16(5)33)27(37)38/h7-10,13-16,20-23,29,33H,6,11-12,28H2,1-5H3,(H,30,34)(H,31,36)(H,32,35)(H,37,38). The van der Waals surface area contributed by atoms with Crippen LogP contribution in [0.25, 0.3) is 10.9 Å². The van der Waals surface area contributed by atoms with Gasteiger partial charge in [0, 0.05) is 23.5 Å². The lowest BCUT2D eigenvalue weighted by atomic mass is 9.97. The van der Waals surface area contributed by atoms with Crippen LogP contribution in [0.4, 0.5) is 0 Å². The third kappa shape index (κ3) is 8.29. The molecule has 38 heavy (non-hydrogen) atoms. The van der Waals surface area contributed by atoms with E-state index in [9.17, 15) is 29.4 Å². The zero-order valence-electron chi connectivity index (χ0n) is 22.7. The largest absolute Gasteiger partial charge is 0.480 e. The molecule has 0 fully saturated rings. The molecule has 1 aromatic carbocycles. The average molecular weight is 532 g/mol. The van der Waals surface area contributed by atoms with Gasteiger partial charge in [-0.25, -0.2) is 4.79 Å². The minimum Gasteiger partial charge on any atom is -0.480 e. The van der Waals surface area contributed by atoms with Gasteiger partial charge in [0.05, 0.1) is 12.1 Å². The summed E-state index contributed by atoms with van der Waals surface area (Å²) in [4.78, 5) is 54.1. The van der Waals surface area contributed by atoms with Gasteiger partial charge in [0.2, 0.25) is 17.7 Å². The topological polar surface area (TPSA) is 187 Å². The molecule has 0 bridgehead atoms. The van der Waals surface area contributed by atoms with Crippen molar-refractivity contribution in [2.24, 2.45) is 17.6 Å². The molecule has 2 aromatic rings. The number of aromatic nitrogens is 1. The van der Waals surface area contributed by atoms with Crippen LogP contribution in [0.1, 0.15) is 53.0 Å². The summed E-state index contributed by atoms with van der Waals surface area (Å²) in [6.45, 7) is 8.73. The molecule has 210 valence electrons. The summed E-state index contributed by atoms with van der Waals surface area (Å²) >= 11 is 0. The Morgan fingerprint density at radius 3 is 2.13 bits per heavy atom. The van der Waals surface area contributed by atoms with Crippen molar-refractivity contribution in [3.05, 3.63) is 36.0 Å². The number of carbonyl (C=O) groups excluding carboxylic acids is 3. The van der Waals surface area contributed by atoms with Crippen LogP contribution in [0.15, 0.2) is 30.5 Å². The predicted octanol–water partition coefficient (Wildman–Crippen LogP) is 1.05. The van der Waals surface area contributed by atoms with Gasteiger partial charge in [-0.2, -0.15) is 0 Å². The molecule has 1 aromatic heterocycles. The molecule has 0 spiro atoms. The second-order valence-electron chi connectivity index (χ2n) is 10.3. The number of aliphatic hydroxyl groups excluding tert-OH is 1. The van der Waals surface area contributed by atoms with E-state index in [0.717, 1.165) is 16.5 Å². The lowest BCUT2D eigenvalue weighted by Gasteiger charge is -2.27. The number of hydrogen-bond acceptors (Lipinski definition) is 6. The van der Waals surface area contributed by atoms with Gasteiger partial charge in [-0.3, -0.25) is 14.4 Å². The first kappa shape index (κ1) is 30.8. The van der Waals surface area contributed by atoms with Crippen LogP contribution >= 0.6 is 0 Å². The Kier molecular flexibility index (Phi) is 11.3. The summed E-state index contributed by atoms with van der Waals surface area (Å²) in [6.07, 6.45) is 1.45. The van der Waals surface area contributed by atoms with E-state index in [1.54, 1.807) is 6.20 Å². The van der Waals surface area contributed by atoms with Crippen LogP contribution in [-0.4, -0.2) is 69.2 Å². The quantitative estimate of drug-likeness (QED) is 0.190. The van der Waals surface area contributed by atoms with E-state index in [4.69, 9.17) is 5.73 Å². The Bertz CT molecular complexity index is 1110. The number of carboxylic acids is 1. The van der Waals surface area contributed by atoms with Gasteiger partial charge >= 0.3 is 5.97 Å². The molecule has 11 nitrogen and oxygen atoms in total. The minimum absolute atomic E-state index is 0.0265. The first-order chi connectivity index (χ1) is 17.8. The highest BCUT2D eigenvalue weighted by Crippen LogP contribution is 2.20. The number of fused-ring (bicyclic) bond motifs is 1. The molecule has 2 rings (SSSR count).